The van der Waals surface area contributed by atoms with E-state index in [2.05, 4.69) is 10.3 Å². The average Bonchev–Trinajstić information content (AvgIpc) is 3.26. The van der Waals surface area contributed by atoms with Crippen LogP contribution in [-0.2, 0) is 13.1 Å². The molecule has 0 saturated heterocycles. The van der Waals surface area contributed by atoms with Crippen molar-refractivity contribution < 1.29 is 9.32 Å². The van der Waals surface area contributed by atoms with Crippen LogP contribution in [0.4, 0.5) is 0 Å². The average molecular weight is 338 g/mol. The molecule has 0 saturated carbocycles. The van der Waals surface area contributed by atoms with Crippen LogP contribution >= 0.6 is 0 Å². The summed E-state index contributed by atoms with van der Waals surface area (Å²) >= 11 is 0. The maximum Gasteiger partial charge on any atom is 0.253 e. The van der Waals surface area contributed by atoms with Gasteiger partial charge in [-0.25, -0.2) is 0 Å². The third kappa shape index (κ3) is 4.15. The predicted molar refractivity (Wildman–Crippen MR) is 94.2 cm³/mol. The van der Waals surface area contributed by atoms with Gasteiger partial charge in [-0.15, -0.1) is 0 Å². The number of benzene rings is 1. The van der Waals surface area contributed by atoms with E-state index in [-0.39, 0.29) is 11.8 Å². The summed E-state index contributed by atoms with van der Waals surface area (Å²) in [7, 11) is 1.77. The number of hydrogen-bond donors (Lipinski definition) is 0. The highest BCUT2D eigenvalue weighted by Crippen LogP contribution is 2.17. The lowest BCUT2D eigenvalue weighted by Gasteiger charge is -2.16. The predicted octanol–water partition coefficient (Wildman–Crippen LogP) is 3.32. The summed E-state index contributed by atoms with van der Waals surface area (Å²) in [6.45, 7) is 5.14. The zero-order chi connectivity index (χ0) is 17.8. The molecule has 0 radical (unpaired) electrons. The van der Waals surface area contributed by atoms with Gasteiger partial charge in [0.15, 0.2) is 0 Å². The van der Waals surface area contributed by atoms with Crippen LogP contribution in [-0.4, -0.2) is 32.8 Å². The van der Waals surface area contributed by atoms with Gasteiger partial charge in [0.1, 0.15) is 11.5 Å². The molecule has 2 aromatic heterocycles. The van der Waals surface area contributed by atoms with Gasteiger partial charge in [0.05, 0.1) is 13.1 Å². The van der Waals surface area contributed by atoms with Gasteiger partial charge in [0.2, 0.25) is 0 Å². The van der Waals surface area contributed by atoms with Gasteiger partial charge < -0.3 is 9.42 Å². The number of hydrogen-bond acceptors (Lipinski definition) is 4. The molecule has 0 fully saturated rings. The number of carbonyl (C=O) groups is 1. The largest absolute Gasteiger partial charge is 0.361 e. The van der Waals surface area contributed by atoms with Crippen molar-refractivity contribution in [2.75, 3.05) is 7.05 Å². The normalized spacial score (nSPS) is 11.0. The Morgan fingerprint density at radius 1 is 1.28 bits per heavy atom. The fraction of sp³-hybridized carbons (Fsp3) is 0.316. The second kappa shape index (κ2) is 7.34. The highest BCUT2D eigenvalue weighted by molar-refractivity contribution is 5.94. The zero-order valence-electron chi connectivity index (χ0n) is 14.7. The summed E-state index contributed by atoms with van der Waals surface area (Å²) in [5.41, 5.74) is 2.44. The molecule has 0 aliphatic rings. The lowest BCUT2D eigenvalue weighted by atomic mass is 10.1. The molecular weight excluding hydrogens is 316 g/mol. The third-order valence-electron chi connectivity index (χ3n) is 3.97. The Morgan fingerprint density at radius 3 is 2.80 bits per heavy atom. The van der Waals surface area contributed by atoms with Gasteiger partial charge in [0, 0.05) is 37.0 Å². The van der Waals surface area contributed by atoms with E-state index in [0.29, 0.717) is 18.7 Å². The minimum Gasteiger partial charge on any atom is -0.361 e. The number of aromatic nitrogens is 3. The second-order valence-corrected chi connectivity index (χ2v) is 6.44. The van der Waals surface area contributed by atoms with Crippen LogP contribution in [0, 0.1) is 0 Å². The molecule has 25 heavy (non-hydrogen) atoms. The van der Waals surface area contributed by atoms with E-state index in [9.17, 15) is 4.79 Å². The van der Waals surface area contributed by atoms with Crippen molar-refractivity contribution in [2.24, 2.45) is 0 Å². The minimum atomic E-state index is -0.0450. The number of nitrogens with zero attached hydrogens (tertiary/aromatic N) is 4. The molecule has 0 bridgehead atoms. The molecule has 3 rings (SSSR count). The van der Waals surface area contributed by atoms with Crippen LogP contribution in [0.25, 0.3) is 0 Å². The molecule has 6 nitrogen and oxygen atoms in total. The molecule has 2 heterocycles. The molecule has 0 spiro atoms. The van der Waals surface area contributed by atoms with Gasteiger partial charge in [-0.2, -0.15) is 5.10 Å². The monoisotopic (exact) mass is 338 g/mol. The molecule has 0 atom stereocenters. The van der Waals surface area contributed by atoms with Crippen molar-refractivity contribution in [3.63, 3.8) is 0 Å². The molecule has 0 N–H and O–H groups in total. The van der Waals surface area contributed by atoms with Crippen molar-refractivity contribution in [1.82, 2.24) is 19.8 Å². The molecule has 1 aromatic carbocycles. The maximum atomic E-state index is 12.7. The van der Waals surface area contributed by atoms with E-state index in [0.717, 1.165) is 17.0 Å². The summed E-state index contributed by atoms with van der Waals surface area (Å²) in [6.07, 6.45) is 3.64. The minimum absolute atomic E-state index is 0.0450. The van der Waals surface area contributed by atoms with Crippen LogP contribution < -0.4 is 0 Å². The van der Waals surface area contributed by atoms with E-state index < -0.39 is 0 Å². The first-order chi connectivity index (χ1) is 12.0. The number of amides is 1. The summed E-state index contributed by atoms with van der Waals surface area (Å²) in [6, 6.07) is 11.4. The van der Waals surface area contributed by atoms with Crippen molar-refractivity contribution in [3.05, 3.63) is 71.4 Å². The van der Waals surface area contributed by atoms with E-state index in [1.165, 1.54) is 0 Å². The van der Waals surface area contributed by atoms with E-state index >= 15 is 0 Å². The molecule has 130 valence electrons. The van der Waals surface area contributed by atoms with Crippen LogP contribution in [0.3, 0.4) is 0 Å². The topological polar surface area (TPSA) is 64.2 Å². The van der Waals surface area contributed by atoms with Gasteiger partial charge in [-0.3, -0.25) is 9.48 Å². The van der Waals surface area contributed by atoms with Crippen molar-refractivity contribution >= 4 is 5.91 Å². The Hall–Kier alpha value is -2.89. The molecule has 0 aliphatic heterocycles. The SMILES string of the molecule is CC(C)c1cc(CN(C)C(=O)c2cccc(Cn3cccn3)c2)no1. The fourth-order valence-electron chi connectivity index (χ4n) is 2.59. The third-order valence-corrected chi connectivity index (χ3v) is 3.97. The Morgan fingerprint density at radius 2 is 2.12 bits per heavy atom. The quantitative estimate of drug-likeness (QED) is 0.692. The summed E-state index contributed by atoms with van der Waals surface area (Å²) in [4.78, 5) is 14.3. The fourth-order valence-corrected chi connectivity index (χ4v) is 2.59. The van der Waals surface area contributed by atoms with Crippen LogP contribution in [0.2, 0.25) is 0 Å². The van der Waals surface area contributed by atoms with Crippen molar-refractivity contribution in [3.8, 4) is 0 Å². The Balaban J connectivity index is 1.68. The number of carbonyl (C=O) groups excluding carboxylic acids is 1. The lowest BCUT2D eigenvalue weighted by molar-refractivity contribution is 0.0782. The maximum absolute atomic E-state index is 12.7. The first-order valence-electron chi connectivity index (χ1n) is 8.30. The standard InChI is InChI=1S/C19H22N4O2/c1-14(2)18-11-17(21-25-18)13-22(3)19(24)16-7-4-6-15(10-16)12-23-9-5-8-20-23/h4-11,14H,12-13H2,1-3H3. The van der Waals surface area contributed by atoms with E-state index in [1.54, 1.807) is 18.1 Å². The first kappa shape index (κ1) is 17.0. The lowest BCUT2D eigenvalue weighted by Crippen LogP contribution is -2.26. The van der Waals surface area contributed by atoms with Gasteiger partial charge >= 0.3 is 0 Å². The Kier molecular flexibility index (Phi) is 4.97. The van der Waals surface area contributed by atoms with Crippen molar-refractivity contribution in [2.45, 2.75) is 32.9 Å². The Labute approximate surface area is 147 Å². The summed E-state index contributed by atoms with van der Waals surface area (Å²) in [5, 5.41) is 8.24. The highest BCUT2D eigenvalue weighted by Gasteiger charge is 2.15. The summed E-state index contributed by atoms with van der Waals surface area (Å²) in [5.74, 6) is 1.06. The molecule has 6 heteroatoms. The second-order valence-electron chi connectivity index (χ2n) is 6.44. The number of rotatable bonds is 6. The van der Waals surface area contributed by atoms with Crippen LogP contribution in [0.15, 0.2) is 53.3 Å². The smallest absolute Gasteiger partial charge is 0.253 e. The molecule has 1 amide bonds. The van der Waals surface area contributed by atoms with E-state index in [1.807, 2.05) is 61.1 Å². The summed E-state index contributed by atoms with van der Waals surface area (Å²) < 4.78 is 7.12. The van der Waals surface area contributed by atoms with Crippen LogP contribution in [0.5, 0.6) is 0 Å². The molecule has 0 unspecified atom stereocenters. The molecular formula is C19H22N4O2. The van der Waals surface area contributed by atoms with Gasteiger partial charge in [0.25, 0.3) is 5.91 Å². The van der Waals surface area contributed by atoms with E-state index in [4.69, 9.17) is 4.52 Å². The Bertz CT molecular complexity index is 837. The first-order valence-corrected chi connectivity index (χ1v) is 8.30. The van der Waals surface area contributed by atoms with Gasteiger partial charge in [-0.1, -0.05) is 31.1 Å². The van der Waals surface area contributed by atoms with Crippen molar-refractivity contribution in [1.29, 1.82) is 0 Å². The van der Waals surface area contributed by atoms with Crippen LogP contribution in [0.1, 0.15) is 47.1 Å². The molecule has 0 aliphatic carbocycles. The highest BCUT2D eigenvalue weighted by atomic mass is 16.5. The van der Waals surface area contributed by atoms with Gasteiger partial charge in [-0.05, 0) is 23.8 Å². The zero-order valence-corrected chi connectivity index (χ0v) is 14.7. The molecule has 3 aromatic rings.